The van der Waals surface area contributed by atoms with Gasteiger partial charge in [0.2, 0.25) is 5.88 Å². The third-order valence-corrected chi connectivity index (χ3v) is 3.65. The predicted molar refractivity (Wildman–Crippen MR) is 70.3 cm³/mol. The molecule has 1 aliphatic rings. The fourth-order valence-electron chi connectivity index (χ4n) is 2.89. The molecule has 2 unspecified atom stereocenters. The van der Waals surface area contributed by atoms with Gasteiger partial charge in [-0.25, -0.2) is 4.98 Å². The zero-order valence-electron chi connectivity index (χ0n) is 11.3. The first-order valence-corrected chi connectivity index (χ1v) is 6.62. The van der Waals surface area contributed by atoms with Crippen LogP contribution in [0.25, 0.3) is 0 Å². The number of ether oxygens (including phenoxy) is 1. The van der Waals surface area contributed by atoms with E-state index in [-0.39, 0.29) is 6.10 Å². The molecule has 0 aliphatic heterocycles. The lowest BCUT2D eigenvalue weighted by Crippen LogP contribution is -2.29. The highest BCUT2D eigenvalue weighted by molar-refractivity contribution is 5.43. The molecule has 1 aliphatic carbocycles. The van der Waals surface area contributed by atoms with E-state index in [1.54, 1.807) is 6.20 Å². The Hall–Kier alpha value is -1.56. The normalized spacial score (nSPS) is 27.6. The van der Waals surface area contributed by atoms with Gasteiger partial charge in [-0.2, -0.15) is 5.26 Å². The molecular weight excluding hydrogens is 224 g/mol. The van der Waals surface area contributed by atoms with Gasteiger partial charge in [-0.05, 0) is 49.7 Å². The quantitative estimate of drug-likeness (QED) is 0.800. The van der Waals surface area contributed by atoms with E-state index in [0.29, 0.717) is 23.3 Å². The molecule has 96 valence electrons. The van der Waals surface area contributed by atoms with Gasteiger partial charge in [0, 0.05) is 6.20 Å². The van der Waals surface area contributed by atoms with Crippen molar-refractivity contribution in [2.45, 2.75) is 46.1 Å². The summed E-state index contributed by atoms with van der Waals surface area (Å²) in [7, 11) is 0. The molecule has 0 spiro atoms. The topological polar surface area (TPSA) is 45.9 Å². The Morgan fingerprint density at radius 3 is 2.56 bits per heavy atom. The number of pyridine rings is 1. The largest absolute Gasteiger partial charge is 0.473 e. The number of hydrogen-bond donors (Lipinski definition) is 0. The first kappa shape index (κ1) is 12.9. The number of aryl methyl sites for hydroxylation is 1. The van der Waals surface area contributed by atoms with E-state index >= 15 is 0 Å². The molecule has 0 radical (unpaired) electrons. The molecular formula is C15H20N2O. The van der Waals surface area contributed by atoms with Gasteiger partial charge in [-0.15, -0.1) is 0 Å². The molecule has 1 fully saturated rings. The van der Waals surface area contributed by atoms with Crippen LogP contribution in [0.15, 0.2) is 12.3 Å². The minimum Gasteiger partial charge on any atom is -0.473 e. The number of hydrogen-bond acceptors (Lipinski definition) is 3. The van der Waals surface area contributed by atoms with Gasteiger partial charge < -0.3 is 4.74 Å². The van der Waals surface area contributed by atoms with E-state index in [4.69, 9.17) is 10.00 Å². The maximum Gasteiger partial charge on any atom is 0.232 e. The summed E-state index contributed by atoms with van der Waals surface area (Å²) in [5, 5.41) is 9.16. The molecule has 0 aromatic carbocycles. The highest BCUT2D eigenvalue weighted by atomic mass is 16.5. The molecule has 1 aromatic heterocycles. The molecule has 2 atom stereocenters. The fourth-order valence-corrected chi connectivity index (χ4v) is 2.89. The van der Waals surface area contributed by atoms with Crippen LogP contribution in [0.4, 0.5) is 0 Å². The van der Waals surface area contributed by atoms with Gasteiger partial charge in [0.05, 0.1) is 0 Å². The zero-order chi connectivity index (χ0) is 13.1. The smallest absolute Gasteiger partial charge is 0.232 e. The molecule has 3 heteroatoms. The van der Waals surface area contributed by atoms with E-state index in [1.165, 1.54) is 6.42 Å². The average molecular weight is 244 g/mol. The van der Waals surface area contributed by atoms with Crippen molar-refractivity contribution in [3.63, 3.8) is 0 Å². The van der Waals surface area contributed by atoms with E-state index in [9.17, 15) is 0 Å². The van der Waals surface area contributed by atoms with Crippen LogP contribution in [0.3, 0.4) is 0 Å². The first-order chi connectivity index (χ1) is 8.60. The van der Waals surface area contributed by atoms with Crippen LogP contribution in [0.1, 0.15) is 44.2 Å². The van der Waals surface area contributed by atoms with Crippen LogP contribution in [-0.2, 0) is 0 Å². The second kappa shape index (κ2) is 5.39. The molecule has 18 heavy (non-hydrogen) atoms. The van der Waals surface area contributed by atoms with Crippen molar-refractivity contribution in [1.82, 2.24) is 4.98 Å². The molecule has 1 saturated carbocycles. The zero-order valence-corrected chi connectivity index (χ0v) is 11.3. The first-order valence-electron chi connectivity index (χ1n) is 6.62. The van der Waals surface area contributed by atoms with Gasteiger partial charge in [-0.3, -0.25) is 0 Å². The predicted octanol–water partition coefficient (Wildman–Crippen LogP) is 3.47. The summed E-state index contributed by atoms with van der Waals surface area (Å²) in [4.78, 5) is 4.21. The number of nitriles is 1. The maximum atomic E-state index is 9.16. The van der Waals surface area contributed by atoms with E-state index < -0.39 is 0 Å². The summed E-state index contributed by atoms with van der Waals surface area (Å²) in [6, 6.07) is 4.03. The molecule has 0 N–H and O–H groups in total. The summed E-state index contributed by atoms with van der Waals surface area (Å²) in [6.45, 7) is 6.45. The van der Waals surface area contributed by atoms with Crippen molar-refractivity contribution in [3.05, 3.63) is 23.4 Å². The summed E-state index contributed by atoms with van der Waals surface area (Å²) in [6.07, 6.45) is 5.30. The Morgan fingerprint density at radius 2 is 1.94 bits per heavy atom. The molecule has 0 amide bonds. The van der Waals surface area contributed by atoms with Crippen LogP contribution in [0.2, 0.25) is 0 Å². The van der Waals surface area contributed by atoms with Crippen molar-refractivity contribution in [3.8, 4) is 11.9 Å². The van der Waals surface area contributed by atoms with Gasteiger partial charge in [0.15, 0.2) is 0 Å². The van der Waals surface area contributed by atoms with Crippen molar-refractivity contribution in [2.75, 3.05) is 0 Å². The van der Waals surface area contributed by atoms with Crippen molar-refractivity contribution >= 4 is 0 Å². The second-order valence-corrected chi connectivity index (χ2v) is 5.58. The summed E-state index contributed by atoms with van der Waals surface area (Å²) in [5.74, 6) is 1.88. The minimum absolute atomic E-state index is 0.199. The number of nitrogens with zero attached hydrogens (tertiary/aromatic N) is 2. The minimum atomic E-state index is 0.199. The van der Waals surface area contributed by atoms with Gasteiger partial charge in [-0.1, -0.05) is 13.8 Å². The Kier molecular flexibility index (Phi) is 3.86. The van der Waals surface area contributed by atoms with Gasteiger partial charge in [0.25, 0.3) is 0 Å². The van der Waals surface area contributed by atoms with E-state index in [2.05, 4.69) is 24.9 Å². The summed E-state index contributed by atoms with van der Waals surface area (Å²) in [5.41, 5.74) is 1.50. The maximum absolute atomic E-state index is 9.16. The van der Waals surface area contributed by atoms with Crippen LogP contribution in [0, 0.1) is 30.1 Å². The monoisotopic (exact) mass is 244 g/mol. The lowest BCUT2D eigenvalue weighted by molar-refractivity contribution is 0.0963. The number of rotatable bonds is 2. The summed E-state index contributed by atoms with van der Waals surface area (Å²) >= 11 is 0. The lowest BCUT2D eigenvalue weighted by atomic mass is 9.82. The summed E-state index contributed by atoms with van der Waals surface area (Å²) < 4.78 is 5.97. The molecule has 1 aromatic rings. The van der Waals surface area contributed by atoms with E-state index in [1.807, 2.05) is 13.0 Å². The Balaban J connectivity index is 2.14. The van der Waals surface area contributed by atoms with Crippen LogP contribution >= 0.6 is 0 Å². The molecule has 0 bridgehead atoms. The van der Waals surface area contributed by atoms with Crippen LogP contribution in [-0.4, -0.2) is 11.1 Å². The second-order valence-electron chi connectivity index (χ2n) is 5.58. The third-order valence-electron chi connectivity index (χ3n) is 3.65. The SMILES string of the molecule is Cc1ccnc(OC2CC(C)CC(C)C2)c1C#N. The van der Waals surface area contributed by atoms with Crippen LogP contribution < -0.4 is 4.74 Å². The number of aromatic nitrogens is 1. The van der Waals surface area contributed by atoms with Gasteiger partial charge in [0.1, 0.15) is 17.7 Å². The average Bonchev–Trinajstić information content (AvgIpc) is 2.27. The van der Waals surface area contributed by atoms with Crippen LogP contribution in [0.5, 0.6) is 5.88 Å². The fraction of sp³-hybridized carbons (Fsp3) is 0.600. The van der Waals surface area contributed by atoms with Crippen molar-refractivity contribution in [2.24, 2.45) is 11.8 Å². The van der Waals surface area contributed by atoms with Gasteiger partial charge >= 0.3 is 0 Å². The highest BCUT2D eigenvalue weighted by Crippen LogP contribution is 2.31. The highest BCUT2D eigenvalue weighted by Gasteiger charge is 2.26. The Labute approximate surface area is 109 Å². The molecule has 3 nitrogen and oxygen atoms in total. The lowest BCUT2D eigenvalue weighted by Gasteiger charge is -2.31. The van der Waals surface area contributed by atoms with Crippen molar-refractivity contribution in [1.29, 1.82) is 5.26 Å². The molecule has 0 saturated heterocycles. The molecule has 2 rings (SSSR count). The molecule has 1 heterocycles. The Morgan fingerprint density at radius 1 is 1.28 bits per heavy atom. The standard InChI is InChI=1S/C15H20N2O/c1-10-6-11(2)8-13(7-10)18-15-14(9-16)12(3)4-5-17-15/h4-5,10-11,13H,6-8H2,1-3H3. The Bertz CT molecular complexity index is 454. The van der Waals surface area contributed by atoms with E-state index in [0.717, 1.165) is 18.4 Å². The third kappa shape index (κ3) is 2.81. The van der Waals surface area contributed by atoms with Crippen molar-refractivity contribution < 1.29 is 4.74 Å².